The van der Waals surface area contributed by atoms with Crippen LogP contribution in [0.1, 0.15) is 30.5 Å². The lowest BCUT2D eigenvalue weighted by molar-refractivity contribution is -0.116. The third-order valence-corrected chi connectivity index (χ3v) is 6.76. The van der Waals surface area contributed by atoms with E-state index in [9.17, 15) is 9.59 Å². The topological polar surface area (TPSA) is 101 Å². The number of anilines is 1. The van der Waals surface area contributed by atoms with Gasteiger partial charge in [0, 0.05) is 44.2 Å². The Bertz CT molecular complexity index is 1260. The fourth-order valence-electron chi connectivity index (χ4n) is 4.72. The van der Waals surface area contributed by atoms with Gasteiger partial charge in [0.25, 0.3) is 5.56 Å². The summed E-state index contributed by atoms with van der Waals surface area (Å²) in [5.74, 6) is 1.40. The molecule has 9 nitrogen and oxygen atoms in total. The van der Waals surface area contributed by atoms with Crippen LogP contribution in [-0.4, -0.2) is 58.1 Å². The number of halogens is 1. The molecule has 0 spiro atoms. The number of likely N-dealkylation sites (tertiary alicyclic amines) is 1. The van der Waals surface area contributed by atoms with Crippen LogP contribution >= 0.6 is 12.4 Å². The van der Waals surface area contributed by atoms with Crippen LogP contribution in [0.25, 0.3) is 11.0 Å². The number of aromatic nitrogens is 3. The maximum absolute atomic E-state index is 12.5. The van der Waals surface area contributed by atoms with E-state index in [4.69, 9.17) is 4.74 Å². The van der Waals surface area contributed by atoms with Crippen LogP contribution in [0.5, 0.6) is 5.75 Å². The Morgan fingerprint density at radius 3 is 2.74 bits per heavy atom. The van der Waals surface area contributed by atoms with Crippen molar-refractivity contribution in [3.8, 4) is 5.75 Å². The molecule has 0 aliphatic carbocycles. The molecule has 1 saturated heterocycles. The second-order valence-electron chi connectivity index (χ2n) is 8.96. The van der Waals surface area contributed by atoms with Gasteiger partial charge in [0.1, 0.15) is 11.6 Å². The molecule has 0 bridgehead atoms. The average molecular weight is 499 g/mol. The molecule has 0 radical (unpaired) electrons. The first-order valence-electron chi connectivity index (χ1n) is 11.9. The third-order valence-electron chi connectivity index (χ3n) is 6.76. The molecule has 5 heterocycles. The molecule has 186 valence electrons. The minimum atomic E-state index is -0.0205. The van der Waals surface area contributed by atoms with Crippen LogP contribution in [0.15, 0.2) is 41.3 Å². The van der Waals surface area contributed by atoms with E-state index in [2.05, 4.69) is 31.6 Å². The highest BCUT2D eigenvalue weighted by atomic mass is 35.5. The van der Waals surface area contributed by atoms with E-state index in [0.29, 0.717) is 37.1 Å². The number of ether oxygens (including phenoxy) is 1. The minimum absolute atomic E-state index is 0. The van der Waals surface area contributed by atoms with Crippen LogP contribution < -0.4 is 20.9 Å². The maximum atomic E-state index is 12.5. The lowest BCUT2D eigenvalue weighted by atomic mass is 10.0. The van der Waals surface area contributed by atoms with E-state index < -0.39 is 0 Å². The summed E-state index contributed by atoms with van der Waals surface area (Å²) in [5.41, 5.74) is 3.63. The first-order chi connectivity index (χ1) is 16.6. The lowest BCUT2D eigenvalue weighted by Gasteiger charge is -2.32. The Morgan fingerprint density at radius 2 is 1.94 bits per heavy atom. The molecule has 0 aromatic carbocycles. The number of nitrogens with zero attached hydrogens (tertiary/aromatic N) is 4. The average Bonchev–Trinajstić information content (AvgIpc) is 2.87. The van der Waals surface area contributed by atoms with E-state index in [-0.39, 0.29) is 23.9 Å². The highest BCUT2D eigenvalue weighted by Crippen LogP contribution is 2.21. The molecule has 0 unspecified atom stereocenters. The number of amides is 1. The number of pyridine rings is 3. The molecule has 1 amide bonds. The molecule has 2 N–H and O–H groups in total. The van der Waals surface area contributed by atoms with E-state index >= 15 is 0 Å². The van der Waals surface area contributed by atoms with Crippen LogP contribution in [0, 0.1) is 0 Å². The van der Waals surface area contributed by atoms with Gasteiger partial charge in [0.05, 0.1) is 30.0 Å². The Kier molecular flexibility index (Phi) is 8.00. The minimum Gasteiger partial charge on any atom is -0.495 e. The fraction of sp³-hybridized carbons (Fsp3) is 0.440. The molecule has 1 fully saturated rings. The van der Waals surface area contributed by atoms with Crippen molar-refractivity contribution in [3.63, 3.8) is 0 Å². The Hall–Kier alpha value is -3.01. The molecule has 2 aliphatic heterocycles. The van der Waals surface area contributed by atoms with E-state index in [1.165, 1.54) is 0 Å². The Labute approximate surface area is 210 Å². The largest absolute Gasteiger partial charge is 0.495 e. The Morgan fingerprint density at radius 1 is 1.11 bits per heavy atom. The number of aryl methyl sites for hydroxylation is 1. The van der Waals surface area contributed by atoms with Gasteiger partial charge < -0.3 is 24.8 Å². The van der Waals surface area contributed by atoms with Crippen LogP contribution in [0.2, 0.25) is 0 Å². The standard InChI is InChI=1S/C25H30N6O3.ClH/c1-34-20-14-22-21(27-16-20)5-7-24(33)31(22)13-12-30-10-8-18(9-11-30)26-15-19-4-2-17-3-6-23(32)29-25(17)28-19;/h2,4-5,7,14,16,18,26H,3,6,8-13,15H2,1H3,(H,28,29,32);1H. The zero-order valence-electron chi connectivity index (χ0n) is 19.8. The van der Waals surface area contributed by atoms with Crippen LogP contribution in [0.4, 0.5) is 5.82 Å². The summed E-state index contributed by atoms with van der Waals surface area (Å²) in [6.45, 7) is 4.08. The van der Waals surface area contributed by atoms with Crippen molar-refractivity contribution in [3.05, 3.63) is 58.1 Å². The number of piperidine rings is 1. The predicted molar refractivity (Wildman–Crippen MR) is 137 cm³/mol. The predicted octanol–water partition coefficient (Wildman–Crippen LogP) is 2.36. The normalized spacial score (nSPS) is 16.4. The monoisotopic (exact) mass is 498 g/mol. The van der Waals surface area contributed by atoms with Crippen molar-refractivity contribution in [1.82, 2.24) is 24.8 Å². The fourth-order valence-corrected chi connectivity index (χ4v) is 4.72. The van der Waals surface area contributed by atoms with Gasteiger partial charge in [-0.25, -0.2) is 4.98 Å². The first-order valence-corrected chi connectivity index (χ1v) is 11.9. The maximum Gasteiger partial charge on any atom is 0.251 e. The van der Waals surface area contributed by atoms with Crippen molar-refractivity contribution in [1.29, 1.82) is 0 Å². The van der Waals surface area contributed by atoms with E-state index in [0.717, 1.165) is 61.2 Å². The lowest BCUT2D eigenvalue weighted by Crippen LogP contribution is -2.43. The molecular weight excluding hydrogens is 468 g/mol. The number of hydrogen-bond donors (Lipinski definition) is 2. The van der Waals surface area contributed by atoms with Gasteiger partial charge in [0.2, 0.25) is 5.91 Å². The second kappa shape index (κ2) is 11.2. The molecular formula is C25H31ClN6O3. The first kappa shape index (κ1) is 25.1. The molecule has 5 rings (SSSR count). The van der Waals surface area contributed by atoms with Crippen molar-refractivity contribution in [2.45, 2.75) is 44.8 Å². The number of carbonyl (C=O) groups is 1. The summed E-state index contributed by atoms with van der Waals surface area (Å²) in [4.78, 5) is 35.6. The van der Waals surface area contributed by atoms with Crippen LogP contribution in [-0.2, 0) is 24.3 Å². The smallest absolute Gasteiger partial charge is 0.251 e. The van der Waals surface area contributed by atoms with Gasteiger partial charge in [-0.05, 0) is 50.0 Å². The molecule has 35 heavy (non-hydrogen) atoms. The molecule has 10 heteroatoms. The highest BCUT2D eigenvalue weighted by molar-refractivity contribution is 5.92. The van der Waals surface area contributed by atoms with Crippen molar-refractivity contribution >= 4 is 35.2 Å². The van der Waals surface area contributed by atoms with E-state index in [1.54, 1.807) is 30.0 Å². The summed E-state index contributed by atoms with van der Waals surface area (Å²) in [6.07, 6.45) is 5.05. The van der Waals surface area contributed by atoms with Crippen molar-refractivity contribution in [2.24, 2.45) is 0 Å². The summed E-state index contributed by atoms with van der Waals surface area (Å²) < 4.78 is 7.08. The number of fused-ring (bicyclic) bond motifs is 2. The zero-order chi connectivity index (χ0) is 23.5. The number of methoxy groups -OCH3 is 1. The van der Waals surface area contributed by atoms with Gasteiger partial charge in [-0.1, -0.05) is 6.07 Å². The van der Waals surface area contributed by atoms with Crippen LogP contribution in [0.3, 0.4) is 0 Å². The van der Waals surface area contributed by atoms with Crippen molar-refractivity contribution in [2.75, 3.05) is 32.1 Å². The molecule has 3 aromatic rings. The van der Waals surface area contributed by atoms with Crippen molar-refractivity contribution < 1.29 is 9.53 Å². The molecule has 2 aliphatic rings. The molecule has 0 saturated carbocycles. The quantitative estimate of drug-likeness (QED) is 0.515. The summed E-state index contributed by atoms with van der Waals surface area (Å²) in [5, 5.41) is 6.49. The summed E-state index contributed by atoms with van der Waals surface area (Å²) in [7, 11) is 1.60. The summed E-state index contributed by atoms with van der Waals surface area (Å²) >= 11 is 0. The van der Waals surface area contributed by atoms with Gasteiger partial charge >= 0.3 is 0 Å². The number of rotatable bonds is 7. The molecule has 3 aromatic heterocycles. The van der Waals surface area contributed by atoms with Gasteiger partial charge in [-0.2, -0.15) is 0 Å². The number of carbonyl (C=O) groups excluding carboxylic acids is 1. The highest BCUT2D eigenvalue weighted by Gasteiger charge is 2.20. The number of hydrogen-bond acceptors (Lipinski definition) is 7. The van der Waals surface area contributed by atoms with Gasteiger partial charge in [-0.15, -0.1) is 12.4 Å². The SMILES string of the molecule is COc1cnc2ccc(=O)n(CCN3CCC(NCc4ccc5c(n4)NC(=O)CC5)CC3)c2c1.Cl. The third kappa shape index (κ3) is 5.80. The molecule has 0 atom stereocenters. The van der Waals surface area contributed by atoms with Gasteiger partial charge in [0.15, 0.2) is 0 Å². The second-order valence-corrected chi connectivity index (χ2v) is 8.96. The Balaban J connectivity index is 0.00000289. The van der Waals surface area contributed by atoms with Gasteiger partial charge in [-0.3, -0.25) is 14.6 Å². The zero-order valence-corrected chi connectivity index (χ0v) is 20.6. The number of nitrogens with one attached hydrogen (secondary N) is 2. The van der Waals surface area contributed by atoms with E-state index in [1.807, 2.05) is 12.1 Å². The summed E-state index contributed by atoms with van der Waals surface area (Å²) in [6, 6.07) is 9.76.